The van der Waals surface area contributed by atoms with Gasteiger partial charge in [-0.25, -0.2) is 4.79 Å². The summed E-state index contributed by atoms with van der Waals surface area (Å²) in [6, 6.07) is 8.21. The number of nitro groups is 1. The maximum Gasteiger partial charge on any atom is 0.405 e. The second-order valence-electron chi connectivity index (χ2n) is 4.18. The number of benzene rings is 1. The molecule has 0 radical (unpaired) electrons. The highest BCUT2D eigenvalue weighted by Gasteiger charge is 2.62. The predicted molar refractivity (Wildman–Crippen MR) is 61.8 cm³/mol. The molecule has 1 saturated heterocycles. The lowest BCUT2D eigenvalue weighted by Gasteiger charge is -2.27. The highest BCUT2D eigenvalue weighted by Crippen LogP contribution is 2.35. The highest BCUT2D eigenvalue weighted by atomic mass is 16.6. The molecule has 18 heavy (non-hydrogen) atoms. The lowest BCUT2D eigenvalue weighted by atomic mass is 10.1. The molecule has 0 saturated carbocycles. The van der Waals surface area contributed by atoms with Gasteiger partial charge in [0.05, 0.1) is 24.0 Å². The number of anilines is 1. The SMILES string of the molecule is O=C(O)[C@]1([N+](=O)[O-])C[C@@H](O)CN1c1ccccc1. The number of aliphatic carboxylic acids is 1. The van der Waals surface area contributed by atoms with Crippen molar-refractivity contribution in [1.29, 1.82) is 0 Å². The lowest BCUT2D eigenvalue weighted by Crippen LogP contribution is -2.56. The van der Waals surface area contributed by atoms with E-state index in [2.05, 4.69) is 0 Å². The van der Waals surface area contributed by atoms with E-state index >= 15 is 0 Å². The smallest absolute Gasteiger partial charge is 0.405 e. The number of β-amino-alcohol motifs (C(OH)–C–C–N with tert-alkyl or cyclic N) is 1. The van der Waals surface area contributed by atoms with Crippen LogP contribution in [-0.4, -0.2) is 39.4 Å². The fourth-order valence-electron chi connectivity index (χ4n) is 2.25. The fourth-order valence-corrected chi connectivity index (χ4v) is 2.25. The minimum Gasteiger partial charge on any atom is -0.474 e. The third-order valence-electron chi connectivity index (χ3n) is 3.07. The number of aliphatic hydroxyl groups is 1. The Morgan fingerprint density at radius 3 is 2.56 bits per heavy atom. The second-order valence-corrected chi connectivity index (χ2v) is 4.18. The third kappa shape index (κ3) is 1.68. The van der Waals surface area contributed by atoms with Crippen LogP contribution in [0, 0.1) is 10.1 Å². The first-order chi connectivity index (χ1) is 8.48. The second kappa shape index (κ2) is 4.26. The summed E-state index contributed by atoms with van der Waals surface area (Å²) in [7, 11) is 0. The van der Waals surface area contributed by atoms with Crippen LogP contribution < -0.4 is 4.90 Å². The summed E-state index contributed by atoms with van der Waals surface area (Å²) in [5.74, 6) is -1.56. The number of hydrogen-bond donors (Lipinski definition) is 2. The quantitative estimate of drug-likeness (QED) is 0.593. The first-order valence-electron chi connectivity index (χ1n) is 5.37. The van der Waals surface area contributed by atoms with Gasteiger partial charge in [-0.05, 0) is 12.1 Å². The van der Waals surface area contributed by atoms with Crippen molar-refractivity contribution in [3.8, 4) is 0 Å². The number of carboxylic acids is 1. The Bertz CT molecular complexity index is 462. The molecule has 96 valence electrons. The van der Waals surface area contributed by atoms with E-state index in [0.717, 1.165) is 4.90 Å². The van der Waals surface area contributed by atoms with Gasteiger partial charge in [-0.3, -0.25) is 15.0 Å². The van der Waals surface area contributed by atoms with Gasteiger partial charge in [0.1, 0.15) is 0 Å². The van der Waals surface area contributed by atoms with Crippen LogP contribution in [0.3, 0.4) is 0 Å². The van der Waals surface area contributed by atoms with Gasteiger partial charge in [-0.1, -0.05) is 18.2 Å². The summed E-state index contributed by atoms with van der Waals surface area (Å²) >= 11 is 0. The molecule has 0 spiro atoms. The van der Waals surface area contributed by atoms with Crippen molar-refractivity contribution >= 4 is 11.7 Å². The first-order valence-corrected chi connectivity index (χ1v) is 5.37. The molecule has 0 bridgehead atoms. The molecule has 1 heterocycles. The maximum absolute atomic E-state index is 11.3. The van der Waals surface area contributed by atoms with Crippen LogP contribution in [0.25, 0.3) is 0 Å². The molecule has 0 aromatic heterocycles. The molecule has 1 aliphatic heterocycles. The molecule has 7 nitrogen and oxygen atoms in total. The summed E-state index contributed by atoms with van der Waals surface area (Å²) < 4.78 is 0. The first kappa shape index (κ1) is 12.3. The number of rotatable bonds is 3. The zero-order valence-corrected chi connectivity index (χ0v) is 9.39. The van der Waals surface area contributed by atoms with Crippen LogP contribution in [0.5, 0.6) is 0 Å². The van der Waals surface area contributed by atoms with Crippen molar-refractivity contribution in [2.24, 2.45) is 0 Å². The fraction of sp³-hybridized carbons (Fsp3) is 0.364. The van der Waals surface area contributed by atoms with E-state index < -0.39 is 29.1 Å². The van der Waals surface area contributed by atoms with Crippen LogP contribution >= 0.6 is 0 Å². The minimum atomic E-state index is -2.29. The van der Waals surface area contributed by atoms with Gasteiger partial charge >= 0.3 is 11.6 Å². The topological polar surface area (TPSA) is 104 Å². The molecular formula is C11H12N2O5. The minimum absolute atomic E-state index is 0.0721. The van der Waals surface area contributed by atoms with Gasteiger partial charge in [0.25, 0.3) is 0 Å². The summed E-state index contributed by atoms with van der Waals surface area (Å²) in [5.41, 5.74) is -1.88. The van der Waals surface area contributed by atoms with Crippen LogP contribution in [0.1, 0.15) is 6.42 Å². The van der Waals surface area contributed by atoms with Crippen molar-refractivity contribution in [2.75, 3.05) is 11.4 Å². The van der Waals surface area contributed by atoms with Gasteiger partial charge in [0.2, 0.25) is 0 Å². The molecule has 7 heteroatoms. The van der Waals surface area contributed by atoms with Crippen LogP contribution in [-0.2, 0) is 4.79 Å². The van der Waals surface area contributed by atoms with Crippen molar-refractivity contribution in [1.82, 2.24) is 0 Å². The number of nitrogens with zero attached hydrogens (tertiary/aromatic N) is 2. The van der Waals surface area contributed by atoms with E-state index in [0.29, 0.717) is 5.69 Å². The van der Waals surface area contributed by atoms with Crippen molar-refractivity contribution < 1.29 is 19.9 Å². The Balaban J connectivity index is 2.50. The molecule has 1 fully saturated rings. The summed E-state index contributed by atoms with van der Waals surface area (Å²) in [6.07, 6.45) is -1.46. The number of hydrogen-bond acceptors (Lipinski definition) is 5. The average molecular weight is 252 g/mol. The largest absolute Gasteiger partial charge is 0.474 e. The van der Waals surface area contributed by atoms with Crippen molar-refractivity contribution in [3.63, 3.8) is 0 Å². The van der Waals surface area contributed by atoms with Gasteiger partial charge in [-0.2, -0.15) is 0 Å². The molecule has 2 N–H and O–H groups in total. The number of aliphatic hydroxyl groups excluding tert-OH is 1. The van der Waals surface area contributed by atoms with Gasteiger partial charge < -0.3 is 10.2 Å². The number of carbonyl (C=O) groups is 1. The van der Waals surface area contributed by atoms with E-state index in [-0.39, 0.29) is 6.54 Å². The average Bonchev–Trinajstić information content (AvgIpc) is 2.69. The Morgan fingerprint density at radius 2 is 2.06 bits per heavy atom. The lowest BCUT2D eigenvalue weighted by molar-refractivity contribution is -0.552. The van der Waals surface area contributed by atoms with E-state index in [4.69, 9.17) is 0 Å². The molecule has 0 amide bonds. The molecule has 1 aliphatic rings. The maximum atomic E-state index is 11.3. The van der Waals surface area contributed by atoms with Gasteiger partial charge in [0.15, 0.2) is 0 Å². The Hall–Kier alpha value is -2.15. The third-order valence-corrected chi connectivity index (χ3v) is 3.07. The van der Waals surface area contributed by atoms with E-state index in [1.807, 2.05) is 0 Å². The monoisotopic (exact) mass is 252 g/mol. The summed E-state index contributed by atoms with van der Waals surface area (Å²) in [6.45, 7) is -0.0721. The molecule has 0 aliphatic carbocycles. The Morgan fingerprint density at radius 1 is 1.44 bits per heavy atom. The predicted octanol–water partition coefficient (Wildman–Crippen LogP) is 0.315. The molecule has 2 rings (SSSR count). The standard InChI is InChI=1S/C11H12N2O5/c14-9-6-11(10(15)16,13(17)18)12(7-9)8-4-2-1-3-5-8/h1-5,9,14H,6-7H2,(H,15,16)/t9-,11-/m1/s1. The molecule has 1 aromatic carbocycles. The van der Waals surface area contributed by atoms with Gasteiger partial charge in [-0.15, -0.1) is 0 Å². The molecule has 1 aromatic rings. The van der Waals surface area contributed by atoms with Crippen molar-refractivity contribution in [3.05, 3.63) is 40.4 Å². The zero-order chi connectivity index (χ0) is 13.3. The summed E-state index contributed by atoms with van der Waals surface area (Å²) in [4.78, 5) is 22.7. The summed E-state index contributed by atoms with van der Waals surface area (Å²) in [5, 5.41) is 29.9. The van der Waals surface area contributed by atoms with Crippen LogP contribution in [0.15, 0.2) is 30.3 Å². The number of para-hydroxylation sites is 1. The Kier molecular flexibility index (Phi) is 2.92. The molecule has 2 atom stereocenters. The normalized spacial score (nSPS) is 27.2. The number of carboxylic acid groups (broad SMARTS) is 1. The van der Waals surface area contributed by atoms with Crippen molar-refractivity contribution in [2.45, 2.75) is 18.2 Å². The Labute approximate surface area is 102 Å². The van der Waals surface area contributed by atoms with Crippen LogP contribution in [0.2, 0.25) is 0 Å². The zero-order valence-electron chi connectivity index (χ0n) is 9.39. The van der Waals surface area contributed by atoms with E-state index in [1.165, 1.54) is 0 Å². The molecular weight excluding hydrogens is 240 g/mol. The highest BCUT2D eigenvalue weighted by molar-refractivity contribution is 5.82. The van der Waals surface area contributed by atoms with E-state index in [9.17, 15) is 25.1 Å². The van der Waals surface area contributed by atoms with Crippen LogP contribution in [0.4, 0.5) is 5.69 Å². The van der Waals surface area contributed by atoms with Gasteiger partial charge in [0, 0.05) is 5.69 Å². The van der Waals surface area contributed by atoms with E-state index in [1.54, 1.807) is 30.3 Å². The molecule has 0 unspecified atom stereocenters.